The molecule has 0 heterocycles. The van der Waals surface area contributed by atoms with E-state index in [0.717, 1.165) is 27.8 Å². The fourth-order valence-electron chi connectivity index (χ4n) is 2.45. The zero-order valence-corrected chi connectivity index (χ0v) is 13.8. The van der Waals surface area contributed by atoms with Crippen LogP contribution in [0.15, 0.2) is 0 Å². The lowest BCUT2D eigenvalue weighted by Crippen LogP contribution is -2.28. The van der Waals surface area contributed by atoms with Gasteiger partial charge < -0.3 is 10.4 Å². The molecule has 2 N–H and O–H groups in total. The SMILES string of the molecule is Cc1c(C)c(C)c(C(=O)NCCC(C)C(=O)O)c(C)c1C. The molecule has 0 aliphatic carbocycles. The Hall–Kier alpha value is -1.84. The van der Waals surface area contributed by atoms with E-state index in [1.165, 1.54) is 5.56 Å². The Balaban J connectivity index is 2.92. The Labute approximate surface area is 126 Å². The molecule has 1 aromatic carbocycles. The summed E-state index contributed by atoms with van der Waals surface area (Å²) in [6, 6.07) is 0. The number of carboxylic acids is 1. The van der Waals surface area contributed by atoms with Gasteiger partial charge in [0.05, 0.1) is 5.92 Å². The van der Waals surface area contributed by atoms with Crippen molar-refractivity contribution in [3.63, 3.8) is 0 Å². The quantitative estimate of drug-likeness (QED) is 0.876. The van der Waals surface area contributed by atoms with Gasteiger partial charge in [-0.15, -0.1) is 0 Å². The number of carbonyl (C=O) groups excluding carboxylic acids is 1. The average Bonchev–Trinajstić information content (AvgIpc) is 2.43. The van der Waals surface area contributed by atoms with Crippen molar-refractivity contribution in [2.24, 2.45) is 5.92 Å². The van der Waals surface area contributed by atoms with Gasteiger partial charge in [-0.3, -0.25) is 9.59 Å². The minimum atomic E-state index is -0.835. The molecule has 0 saturated carbocycles. The van der Waals surface area contributed by atoms with Crippen LogP contribution in [0.2, 0.25) is 0 Å². The Morgan fingerprint density at radius 2 is 1.38 bits per heavy atom. The van der Waals surface area contributed by atoms with Crippen molar-refractivity contribution in [2.75, 3.05) is 6.54 Å². The van der Waals surface area contributed by atoms with Gasteiger partial charge in [0.1, 0.15) is 0 Å². The molecular weight excluding hydrogens is 266 g/mol. The summed E-state index contributed by atoms with van der Waals surface area (Å²) in [6.07, 6.45) is 0.434. The number of rotatable bonds is 5. The van der Waals surface area contributed by atoms with E-state index in [1.54, 1.807) is 6.92 Å². The summed E-state index contributed by atoms with van der Waals surface area (Å²) in [4.78, 5) is 23.2. The number of nitrogens with one attached hydrogen (secondary N) is 1. The van der Waals surface area contributed by atoms with Gasteiger partial charge in [0, 0.05) is 12.1 Å². The van der Waals surface area contributed by atoms with Crippen molar-refractivity contribution in [3.8, 4) is 0 Å². The van der Waals surface area contributed by atoms with Crippen LogP contribution in [0.3, 0.4) is 0 Å². The summed E-state index contributed by atoms with van der Waals surface area (Å²) in [6.45, 7) is 12.1. The van der Waals surface area contributed by atoms with Gasteiger partial charge in [-0.05, 0) is 68.9 Å². The first-order chi connectivity index (χ1) is 9.68. The van der Waals surface area contributed by atoms with Crippen LogP contribution in [0, 0.1) is 40.5 Å². The third kappa shape index (κ3) is 3.63. The second-order valence-corrected chi connectivity index (χ2v) is 5.78. The number of hydrogen-bond acceptors (Lipinski definition) is 2. The maximum Gasteiger partial charge on any atom is 0.306 e. The number of benzene rings is 1. The first kappa shape index (κ1) is 17.2. The lowest BCUT2D eigenvalue weighted by Gasteiger charge is -2.18. The van der Waals surface area contributed by atoms with E-state index < -0.39 is 11.9 Å². The van der Waals surface area contributed by atoms with Crippen LogP contribution in [0.4, 0.5) is 0 Å². The number of aliphatic carboxylic acids is 1. The fraction of sp³-hybridized carbons (Fsp3) is 0.529. The molecule has 21 heavy (non-hydrogen) atoms. The Bertz CT molecular complexity index is 547. The van der Waals surface area contributed by atoms with Crippen molar-refractivity contribution in [1.29, 1.82) is 0 Å². The third-order valence-electron chi connectivity index (χ3n) is 4.51. The average molecular weight is 291 g/mol. The van der Waals surface area contributed by atoms with Gasteiger partial charge >= 0.3 is 5.97 Å². The molecule has 116 valence electrons. The lowest BCUT2D eigenvalue weighted by molar-refractivity contribution is -0.141. The van der Waals surface area contributed by atoms with Crippen molar-refractivity contribution < 1.29 is 14.7 Å². The molecule has 0 fully saturated rings. The highest BCUT2D eigenvalue weighted by molar-refractivity contribution is 5.98. The van der Waals surface area contributed by atoms with E-state index in [9.17, 15) is 9.59 Å². The molecule has 1 aromatic rings. The standard InChI is InChI=1S/C17H25NO3/c1-9(17(20)21)7-8-18-16(19)15-13(5)11(3)10(2)12(4)14(15)6/h9H,7-8H2,1-6H3,(H,18,19)(H,20,21). The maximum absolute atomic E-state index is 12.4. The van der Waals surface area contributed by atoms with Crippen molar-refractivity contribution in [3.05, 3.63) is 33.4 Å². The van der Waals surface area contributed by atoms with E-state index in [2.05, 4.69) is 12.2 Å². The lowest BCUT2D eigenvalue weighted by atomic mass is 9.89. The Kier molecular flexibility index (Phi) is 5.53. The van der Waals surface area contributed by atoms with E-state index >= 15 is 0 Å². The van der Waals surface area contributed by atoms with Crippen molar-refractivity contribution in [1.82, 2.24) is 5.32 Å². The summed E-state index contributed by atoms with van der Waals surface area (Å²) in [7, 11) is 0. The second kappa shape index (κ2) is 6.74. The molecule has 1 amide bonds. The molecule has 0 saturated heterocycles. The highest BCUT2D eigenvalue weighted by Crippen LogP contribution is 2.25. The zero-order chi connectivity index (χ0) is 16.3. The van der Waals surface area contributed by atoms with E-state index in [4.69, 9.17) is 5.11 Å². The van der Waals surface area contributed by atoms with Gasteiger partial charge in [-0.25, -0.2) is 0 Å². The summed E-state index contributed by atoms with van der Waals surface area (Å²) in [5.74, 6) is -1.40. The first-order valence-electron chi connectivity index (χ1n) is 7.26. The normalized spacial score (nSPS) is 12.1. The smallest absolute Gasteiger partial charge is 0.306 e. The highest BCUT2D eigenvalue weighted by atomic mass is 16.4. The molecule has 0 aromatic heterocycles. The number of amides is 1. The van der Waals surface area contributed by atoms with Crippen molar-refractivity contribution >= 4 is 11.9 Å². The minimum absolute atomic E-state index is 0.117. The molecule has 0 radical (unpaired) electrons. The van der Waals surface area contributed by atoms with Crippen LogP contribution in [0.1, 0.15) is 51.5 Å². The van der Waals surface area contributed by atoms with Gasteiger partial charge in [-0.2, -0.15) is 0 Å². The molecule has 4 nitrogen and oxygen atoms in total. The highest BCUT2D eigenvalue weighted by Gasteiger charge is 2.18. The molecule has 1 rings (SSSR count). The van der Waals surface area contributed by atoms with Crippen LogP contribution < -0.4 is 5.32 Å². The van der Waals surface area contributed by atoms with E-state index in [0.29, 0.717) is 13.0 Å². The van der Waals surface area contributed by atoms with Gasteiger partial charge in [0.15, 0.2) is 0 Å². The Morgan fingerprint density at radius 3 is 1.81 bits per heavy atom. The van der Waals surface area contributed by atoms with E-state index in [1.807, 2.05) is 27.7 Å². The largest absolute Gasteiger partial charge is 0.481 e. The molecule has 1 unspecified atom stereocenters. The maximum atomic E-state index is 12.4. The monoisotopic (exact) mass is 291 g/mol. The third-order valence-corrected chi connectivity index (χ3v) is 4.51. The summed E-state index contributed by atoms with van der Waals surface area (Å²) in [5, 5.41) is 11.7. The number of hydrogen-bond donors (Lipinski definition) is 2. The van der Waals surface area contributed by atoms with Gasteiger partial charge in [-0.1, -0.05) is 6.92 Å². The molecule has 0 bridgehead atoms. The Morgan fingerprint density at radius 1 is 0.952 bits per heavy atom. The molecular formula is C17H25NO3. The summed E-state index contributed by atoms with van der Waals surface area (Å²) >= 11 is 0. The first-order valence-corrected chi connectivity index (χ1v) is 7.26. The van der Waals surface area contributed by atoms with Crippen LogP contribution in [0.5, 0.6) is 0 Å². The molecule has 4 heteroatoms. The molecule has 0 aliphatic heterocycles. The predicted octanol–water partition coefficient (Wildman–Crippen LogP) is 3.07. The zero-order valence-electron chi connectivity index (χ0n) is 13.8. The topological polar surface area (TPSA) is 66.4 Å². The summed E-state index contributed by atoms with van der Waals surface area (Å²) in [5.41, 5.74) is 6.22. The molecule has 0 spiro atoms. The van der Waals surface area contributed by atoms with Crippen LogP contribution in [0.25, 0.3) is 0 Å². The van der Waals surface area contributed by atoms with Crippen LogP contribution in [-0.2, 0) is 4.79 Å². The molecule has 1 atom stereocenters. The van der Waals surface area contributed by atoms with Gasteiger partial charge in [0.25, 0.3) is 5.91 Å². The predicted molar refractivity (Wildman–Crippen MR) is 83.9 cm³/mol. The second-order valence-electron chi connectivity index (χ2n) is 5.78. The van der Waals surface area contributed by atoms with Gasteiger partial charge in [0.2, 0.25) is 0 Å². The summed E-state index contributed by atoms with van der Waals surface area (Å²) < 4.78 is 0. The van der Waals surface area contributed by atoms with Crippen LogP contribution >= 0.6 is 0 Å². The number of carbonyl (C=O) groups is 2. The van der Waals surface area contributed by atoms with E-state index in [-0.39, 0.29) is 5.91 Å². The minimum Gasteiger partial charge on any atom is -0.481 e. The van der Waals surface area contributed by atoms with Crippen molar-refractivity contribution in [2.45, 2.75) is 48.0 Å². The number of carboxylic acid groups (broad SMARTS) is 1. The van der Waals surface area contributed by atoms with Crippen LogP contribution in [-0.4, -0.2) is 23.5 Å². The fourth-order valence-corrected chi connectivity index (χ4v) is 2.45. The molecule has 0 aliphatic rings.